The summed E-state index contributed by atoms with van der Waals surface area (Å²) in [5.41, 5.74) is 3.71. The molecule has 549 valence electrons. The highest BCUT2D eigenvalue weighted by Gasteiger charge is 2.67. The van der Waals surface area contributed by atoms with E-state index in [4.69, 9.17) is 33.0 Å². The molecule has 6 amide bonds. The molecule has 4 N–H and O–H groups in total. The van der Waals surface area contributed by atoms with Gasteiger partial charge in [0.25, 0.3) is 0 Å². The van der Waals surface area contributed by atoms with Crippen LogP contribution in [0, 0.1) is 16.2 Å². The van der Waals surface area contributed by atoms with Crippen molar-refractivity contribution in [1.82, 2.24) is 60.5 Å². The Morgan fingerprint density at radius 2 is 0.898 bits per heavy atom. The van der Waals surface area contributed by atoms with Gasteiger partial charge in [-0.1, -0.05) is 60.8 Å². The number of piperidine rings is 3. The molecule has 0 unspecified atom stereocenters. The van der Waals surface area contributed by atoms with Gasteiger partial charge in [-0.05, 0) is 141 Å². The maximum atomic E-state index is 12.7. The molecular formula is C62H102BN14O19S2. The number of nitrogens with zero attached hydrogens (tertiary/aromatic N) is 13. The van der Waals surface area contributed by atoms with Gasteiger partial charge in [-0.2, -0.15) is 22.8 Å². The molecule has 3 aromatic heterocycles. The minimum atomic E-state index is -5.07. The zero-order valence-electron chi connectivity index (χ0n) is 57.6. The van der Waals surface area contributed by atoms with Gasteiger partial charge in [0.05, 0.1) is 63.7 Å². The van der Waals surface area contributed by atoms with Gasteiger partial charge in [0.15, 0.2) is 0 Å². The molecule has 6 bridgehead atoms. The van der Waals surface area contributed by atoms with Crippen LogP contribution in [0.25, 0.3) is 0 Å². The molecule has 3 spiro atoms. The Kier molecular flexibility index (Phi) is 25.4. The summed E-state index contributed by atoms with van der Waals surface area (Å²) < 4.78 is 102. The number of carbonyl (C=O) groups is 5. The first-order chi connectivity index (χ1) is 45.1. The van der Waals surface area contributed by atoms with Crippen LogP contribution in [0.2, 0.25) is 0 Å². The number of nitrogens with two attached hydrogens (primary N) is 1. The average molecular weight is 1420 g/mol. The normalized spacial score (nSPS) is 23.6. The molecule has 9 aliphatic rings. The summed E-state index contributed by atoms with van der Waals surface area (Å²) in [6, 6.07) is -4.18. The Hall–Kier alpha value is -6.15. The standard InChI is InChI=1S/C17H24N4O8S.C17H24N4O5.C16H36N.C11H15N5O6S.CH4.B/c1-16(2,3)28-13(22)5-4-12-18-19-14(27-12)10-8-17(6-7-17)11-9-20(10)15(23)21(11)29-30(24,25)26;1-16(2,3)26-13(22)5-4-12-18-19-14(25-12)10-8-17(6-7-17)11-9-20(10)15(23)21(11)24;1-5-9-13-17(14-10-6-2,15-11-7-3)16-12-8-4;12-4-8-13-14-9(21-8)6-3-11(1-2-11)7-5-15(6)10(17)16(7)22-23(18,19)20;;/h10-11H,4-9H2,1-3H3,(H,24,25,26);10-11,24H,4-9H2,1-3H3;5-16H2,1-4H3;6-7H,1-5,12H2,(H,18,19,20);1H4;/q;;+1;;;/p-1/t2*10-,11-;;6-,7-;;/m00.0../s1. The van der Waals surface area contributed by atoms with Crippen molar-refractivity contribution in [1.29, 1.82) is 0 Å². The second-order valence-electron chi connectivity index (χ2n) is 29.2. The van der Waals surface area contributed by atoms with E-state index >= 15 is 0 Å². The number of esters is 2. The van der Waals surface area contributed by atoms with E-state index in [2.05, 4.69) is 66.9 Å². The molecule has 12 rings (SSSR count). The Morgan fingerprint density at radius 1 is 0.571 bits per heavy atom. The van der Waals surface area contributed by atoms with Crippen molar-refractivity contribution in [3.63, 3.8) is 0 Å². The fourth-order valence-corrected chi connectivity index (χ4v) is 15.0. The van der Waals surface area contributed by atoms with Gasteiger partial charge in [0.1, 0.15) is 29.3 Å². The van der Waals surface area contributed by atoms with Crippen LogP contribution in [0.1, 0.15) is 252 Å². The number of hydrogen-bond acceptors (Lipinski definition) is 25. The first-order valence-corrected chi connectivity index (χ1v) is 36.6. The summed E-state index contributed by atoms with van der Waals surface area (Å²) in [5, 5.41) is 36.2. The molecular weight excluding hydrogens is 1320 g/mol. The largest absolute Gasteiger partial charge is 0.724 e. The van der Waals surface area contributed by atoms with Gasteiger partial charge < -0.3 is 52.2 Å². The number of fused-ring (bicyclic) bond motifs is 9. The molecule has 3 aromatic rings. The van der Waals surface area contributed by atoms with E-state index < -0.39 is 74.3 Å². The lowest BCUT2D eigenvalue weighted by Gasteiger charge is -2.39. The molecule has 6 saturated heterocycles. The third-order valence-electron chi connectivity index (χ3n) is 19.7. The lowest BCUT2D eigenvalue weighted by atomic mass is 9.85. The first kappa shape index (κ1) is 79.2. The molecule has 3 saturated carbocycles. The van der Waals surface area contributed by atoms with Crippen LogP contribution in [0.3, 0.4) is 0 Å². The van der Waals surface area contributed by atoms with Gasteiger partial charge in [0, 0.05) is 40.9 Å². The third kappa shape index (κ3) is 19.1. The number of ether oxygens (including phenoxy) is 2. The summed E-state index contributed by atoms with van der Waals surface area (Å²) in [6.45, 7) is 26.9. The highest BCUT2D eigenvalue weighted by atomic mass is 32.3. The fraction of sp³-hybridized carbons (Fsp3) is 0.823. The van der Waals surface area contributed by atoms with Crippen molar-refractivity contribution in [2.24, 2.45) is 22.0 Å². The van der Waals surface area contributed by atoms with Crippen LogP contribution in [-0.4, -0.2) is 210 Å². The number of aryl methyl sites for hydroxylation is 2. The molecule has 9 heterocycles. The number of quaternary nitrogens is 1. The van der Waals surface area contributed by atoms with Crippen LogP contribution >= 0.6 is 0 Å². The summed E-state index contributed by atoms with van der Waals surface area (Å²) in [7, 11) is -9.85. The maximum absolute atomic E-state index is 12.7. The fourth-order valence-electron chi connectivity index (χ4n) is 14.3. The number of hydroxylamine groups is 6. The van der Waals surface area contributed by atoms with Crippen LogP contribution < -0.4 is 5.73 Å². The van der Waals surface area contributed by atoms with Gasteiger partial charge in [-0.25, -0.2) is 27.9 Å². The third-order valence-corrected chi connectivity index (χ3v) is 20.4. The minimum absolute atomic E-state index is 0. The summed E-state index contributed by atoms with van der Waals surface area (Å²) in [5.74, 6) is 1.01. The molecule has 3 radical (unpaired) electrons. The van der Waals surface area contributed by atoms with Gasteiger partial charge in [-0.3, -0.25) is 19.3 Å². The highest BCUT2D eigenvalue weighted by molar-refractivity contribution is 7.81. The lowest BCUT2D eigenvalue weighted by Crippen LogP contribution is -2.50. The van der Waals surface area contributed by atoms with E-state index in [1.807, 2.05) is 20.8 Å². The summed E-state index contributed by atoms with van der Waals surface area (Å²) in [4.78, 5) is 65.6. The molecule has 3 aliphatic carbocycles. The van der Waals surface area contributed by atoms with Gasteiger partial charge in [-0.15, -0.1) is 34.9 Å². The predicted octanol–water partition coefficient (Wildman–Crippen LogP) is 7.98. The van der Waals surface area contributed by atoms with Crippen LogP contribution in [0.15, 0.2) is 13.3 Å². The van der Waals surface area contributed by atoms with E-state index in [-0.39, 0.29) is 119 Å². The predicted molar refractivity (Wildman–Crippen MR) is 346 cm³/mol. The van der Waals surface area contributed by atoms with E-state index in [9.17, 15) is 50.6 Å². The first-order valence-electron chi connectivity index (χ1n) is 33.9. The topological polar surface area (TPSA) is 416 Å². The van der Waals surface area contributed by atoms with Crippen molar-refractivity contribution in [2.75, 3.05) is 45.8 Å². The van der Waals surface area contributed by atoms with E-state index in [1.165, 1.54) is 91.8 Å². The number of rotatable bonds is 26. The van der Waals surface area contributed by atoms with Crippen LogP contribution in [-0.2, 0) is 67.8 Å². The zero-order chi connectivity index (χ0) is 70.0. The monoisotopic (exact) mass is 1420 g/mol. The molecule has 36 heteroatoms. The molecule has 0 aromatic carbocycles. The zero-order valence-corrected chi connectivity index (χ0v) is 59.2. The van der Waals surface area contributed by atoms with Gasteiger partial charge >= 0.3 is 40.4 Å². The quantitative estimate of drug-likeness (QED) is 0.0171. The Morgan fingerprint density at radius 3 is 1.21 bits per heavy atom. The second-order valence-corrected chi connectivity index (χ2v) is 31.2. The van der Waals surface area contributed by atoms with Crippen molar-refractivity contribution < 1.29 is 90.9 Å². The number of aromatic nitrogens is 6. The van der Waals surface area contributed by atoms with Crippen LogP contribution in [0.5, 0.6) is 0 Å². The van der Waals surface area contributed by atoms with E-state index in [0.717, 1.165) is 48.7 Å². The Bertz CT molecular complexity index is 3420. The van der Waals surface area contributed by atoms with Crippen molar-refractivity contribution in [2.45, 2.75) is 265 Å². The molecule has 6 aliphatic heterocycles. The molecule has 9 fully saturated rings. The number of unbranched alkanes of at least 4 members (excludes halogenated alkanes) is 4. The molecule has 98 heavy (non-hydrogen) atoms. The van der Waals surface area contributed by atoms with Crippen molar-refractivity contribution >= 4 is 59.2 Å². The number of hydrogen-bond donors (Lipinski definition) is 3. The van der Waals surface area contributed by atoms with E-state index in [0.29, 0.717) is 49.1 Å². The summed E-state index contributed by atoms with van der Waals surface area (Å²) in [6.07, 6.45) is 18.7. The van der Waals surface area contributed by atoms with E-state index in [1.54, 1.807) is 25.7 Å². The smallest absolute Gasteiger partial charge is 0.418 e. The maximum Gasteiger partial charge on any atom is 0.418 e. The number of carbonyl (C=O) groups excluding carboxylic acids is 5. The molecule has 6 atom stereocenters. The van der Waals surface area contributed by atoms with Gasteiger partial charge in [0.2, 0.25) is 45.7 Å². The number of amides is 6. The van der Waals surface area contributed by atoms with Crippen molar-refractivity contribution in [3.05, 3.63) is 35.3 Å². The lowest BCUT2D eigenvalue weighted by molar-refractivity contribution is -0.929. The van der Waals surface area contributed by atoms with Crippen molar-refractivity contribution in [3.8, 4) is 0 Å². The molecule has 33 nitrogen and oxygen atoms in total. The Balaban J connectivity index is 0.000000186. The Labute approximate surface area is 576 Å². The SMILES string of the molecule is C.CC(C)(C)OC(=O)CCc1nnc([C@@H]2CC3(CC3)[C@@H]3CN2C(=O)N3O)o1.CC(C)(C)OC(=O)CCc1nnc([C@@H]2CC3(CC3)[C@@H]3CN2C(=O)N3OS(=O)(=O)[O-])o1.CCCC[N+](CCCC)(CCCC)CCCC.NCc1nnc([C@@H]2CC3(CC3)[C@@H]3CN2C(=O)N3OS(=O)(=O)O)o1.[B]. The summed E-state index contributed by atoms with van der Waals surface area (Å²) >= 11 is 0. The average Bonchev–Trinajstić information content (AvgIpc) is 1.57. The highest BCUT2D eigenvalue weighted by Crippen LogP contribution is 2.64. The second kappa shape index (κ2) is 31.4. The minimum Gasteiger partial charge on any atom is -0.724 e. The number of urea groups is 3. The van der Waals surface area contributed by atoms with Crippen LogP contribution in [0.4, 0.5) is 14.4 Å².